The zero-order valence-corrected chi connectivity index (χ0v) is 24.3. The molecule has 2 saturated heterocycles. The van der Waals surface area contributed by atoms with Gasteiger partial charge in [0.2, 0.25) is 0 Å². The predicted octanol–water partition coefficient (Wildman–Crippen LogP) is 6.70. The highest BCUT2D eigenvalue weighted by Crippen LogP contribution is 2.41. The number of rotatable bonds is 6. The molecule has 0 bridgehead atoms. The molecule has 8 heteroatoms. The van der Waals surface area contributed by atoms with Crippen molar-refractivity contribution in [3.05, 3.63) is 64.3 Å². The van der Waals surface area contributed by atoms with Crippen LogP contribution in [0, 0.1) is 5.82 Å². The Bertz CT molecular complexity index is 1340. The zero-order valence-electron chi connectivity index (χ0n) is 23.5. The van der Waals surface area contributed by atoms with Crippen LogP contribution < -0.4 is 9.80 Å². The lowest BCUT2D eigenvalue weighted by molar-refractivity contribution is -0.122. The van der Waals surface area contributed by atoms with Crippen LogP contribution in [0.3, 0.4) is 0 Å². The Hall–Kier alpha value is -3.10. The van der Waals surface area contributed by atoms with Crippen molar-refractivity contribution >= 4 is 51.5 Å². The molecule has 2 aromatic rings. The van der Waals surface area contributed by atoms with Gasteiger partial charge in [-0.3, -0.25) is 9.69 Å². The van der Waals surface area contributed by atoms with Crippen LogP contribution in [-0.4, -0.2) is 60.9 Å². The SMILES string of the molecule is CCCN1c2cc(F)c(/C=C3/SC(=Nc4ccc(N5CCOCC5)cc4)N(CC)C3=O)cc2C(C)=CC1(C)C. The molecule has 6 nitrogen and oxygen atoms in total. The second-order valence-electron chi connectivity index (χ2n) is 10.7. The van der Waals surface area contributed by atoms with E-state index in [1.165, 1.54) is 11.8 Å². The van der Waals surface area contributed by atoms with Crippen molar-refractivity contribution in [3.8, 4) is 0 Å². The zero-order chi connectivity index (χ0) is 27.7. The molecular weight excluding hydrogens is 511 g/mol. The average Bonchev–Trinajstić information content (AvgIpc) is 3.21. The van der Waals surface area contributed by atoms with Gasteiger partial charge in [0.1, 0.15) is 5.82 Å². The van der Waals surface area contributed by atoms with Gasteiger partial charge in [0.05, 0.1) is 29.3 Å². The Balaban J connectivity index is 1.43. The van der Waals surface area contributed by atoms with Crippen LogP contribution in [0.1, 0.15) is 52.2 Å². The summed E-state index contributed by atoms with van der Waals surface area (Å²) in [7, 11) is 0. The van der Waals surface area contributed by atoms with E-state index in [4.69, 9.17) is 9.73 Å². The number of allylic oxidation sites excluding steroid dienone is 1. The van der Waals surface area contributed by atoms with E-state index in [1.54, 1.807) is 17.0 Å². The first kappa shape index (κ1) is 27.5. The molecule has 5 rings (SSSR count). The van der Waals surface area contributed by atoms with Crippen LogP contribution >= 0.6 is 11.8 Å². The molecule has 3 aliphatic rings. The van der Waals surface area contributed by atoms with Gasteiger partial charge >= 0.3 is 0 Å². The van der Waals surface area contributed by atoms with E-state index >= 15 is 4.39 Å². The molecule has 39 heavy (non-hydrogen) atoms. The highest BCUT2D eigenvalue weighted by atomic mass is 32.2. The number of halogens is 1. The first-order valence-electron chi connectivity index (χ1n) is 13.8. The highest BCUT2D eigenvalue weighted by molar-refractivity contribution is 8.18. The van der Waals surface area contributed by atoms with E-state index in [0.29, 0.717) is 22.2 Å². The van der Waals surface area contributed by atoms with Gasteiger partial charge in [0, 0.05) is 48.7 Å². The number of nitrogens with zero attached hydrogens (tertiary/aromatic N) is 4. The minimum atomic E-state index is -0.326. The molecule has 0 aliphatic carbocycles. The smallest absolute Gasteiger partial charge is 0.266 e. The van der Waals surface area contributed by atoms with Gasteiger partial charge in [0.25, 0.3) is 5.91 Å². The largest absolute Gasteiger partial charge is 0.378 e. The summed E-state index contributed by atoms with van der Waals surface area (Å²) in [6.45, 7) is 15.0. The number of fused-ring (bicyclic) bond motifs is 1. The van der Waals surface area contributed by atoms with Crippen molar-refractivity contribution in [1.82, 2.24) is 4.90 Å². The first-order valence-corrected chi connectivity index (χ1v) is 14.6. The van der Waals surface area contributed by atoms with E-state index < -0.39 is 0 Å². The third-order valence-corrected chi connectivity index (χ3v) is 8.49. The highest BCUT2D eigenvalue weighted by Gasteiger charge is 2.34. The summed E-state index contributed by atoms with van der Waals surface area (Å²) >= 11 is 1.30. The summed E-state index contributed by atoms with van der Waals surface area (Å²) in [4.78, 5) is 24.7. The third-order valence-electron chi connectivity index (χ3n) is 7.48. The van der Waals surface area contributed by atoms with Crippen LogP contribution in [0.25, 0.3) is 11.6 Å². The Labute approximate surface area is 235 Å². The number of anilines is 2. The normalized spacial score (nSPS) is 21.1. The number of amides is 1. The molecule has 1 amide bonds. The van der Waals surface area contributed by atoms with Gasteiger partial charge in [-0.25, -0.2) is 9.38 Å². The molecule has 0 radical (unpaired) electrons. The predicted molar refractivity (Wildman–Crippen MR) is 161 cm³/mol. The van der Waals surface area contributed by atoms with Crippen molar-refractivity contribution in [2.45, 2.75) is 46.6 Å². The lowest BCUT2D eigenvalue weighted by Crippen LogP contribution is -2.45. The van der Waals surface area contributed by atoms with E-state index in [-0.39, 0.29) is 17.3 Å². The average molecular weight is 549 g/mol. The standard InChI is InChI=1S/C31H37FN4O2S/c1-6-12-36-27-19-26(32)22(17-25(27)21(3)20-31(36,4)5)18-28-29(37)35(7-2)30(39-28)33-23-8-10-24(11-9-23)34-13-15-38-16-14-34/h8-11,17-20H,6-7,12-16H2,1-5H3/b28-18+,33-30?. The lowest BCUT2D eigenvalue weighted by Gasteiger charge is -2.43. The molecule has 0 unspecified atom stereocenters. The quantitative estimate of drug-likeness (QED) is 0.376. The molecule has 0 N–H and O–H groups in total. The lowest BCUT2D eigenvalue weighted by atomic mass is 9.87. The van der Waals surface area contributed by atoms with Gasteiger partial charge in [-0.05, 0) is 93.9 Å². The number of likely N-dealkylation sites (N-methyl/N-ethyl adjacent to an activating group) is 1. The molecule has 2 aromatic carbocycles. The van der Waals surface area contributed by atoms with Crippen molar-refractivity contribution in [3.63, 3.8) is 0 Å². The van der Waals surface area contributed by atoms with Crippen LogP contribution in [0.15, 0.2) is 52.4 Å². The summed E-state index contributed by atoms with van der Waals surface area (Å²) in [5.74, 6) is -0.474. The van der Waals surface area contributed by atoms with Gasteiger partial charge in [-0.15, -0.1) is 0 Å². The maximum absolute atomic E-state index is 15.5. The number of benzene rings is 2. The minimum absolute atomic E-state index is 0.149. The Morgan fingerprint density at radius 3 is 2.51 bits per heavy atom. The summed E-state index contributed by atoms with van der Waals surface area (Å²) in [6.07, 6.45) is 4.88. The van der Waals surface area contributed by atoms with Crippen molar-refractivity contribution < 1.29 is 13.9 Å². The summed E-state index contributed by atoms with van der Waals surface area (Å²) in [6, 6.07) is 11.6. The van der Waals surface area contributed by atoms with E-state index in [1.807, 2.05) is 25.1 Å². The molecule has 3 heterocycles. The molecule has 2 fully saturated rings. The van der Waals surface area contributed by atoms with Gasteiger partial charge in [0.15, 0.2) is 5.17 Å². The number of hydrogen-bond donors (Lipinski definition) is 0. The number of carbonyl (C=O) groups is 1. The number of amidine groups is 1. The molecule has 0 spiro atoms. The topological polar surface area (TPSA) is 48.4 Å². The number of aliphatic imine (C=N–C) groups is 1. The van der Waals surface area contributed by atoms with Crippen LogP contribution in [0.4, 0.5) is 21.5 Å². The number of ether oxygens (including phenoxy) is 1. The molecule has 3 aliphatic heterocycles. The molecule has 0 atom stereocenters. The summed E-state index contributed by atoms with van der Waals surface area (Å²) in [5.41, 5.74) is 5.17. The fourth-order valence-corrected chi connectivity index (χ4v) is 6.59. The van der Waals surface area contributed by atoms with Gasteiger partial charge in [-0.1, -0.05) is 13.0 Å². The molecule has 206 valence electrons. The van der Waals surface area contributed by atoms with Crippen LogP contribution in [0.2, 0.25) is 0 Å². The summed E-state index contributed by atoms with van der Waals surface area (Å²) in [5, 5.41) is 0.609. The maximum Gasteiger partial charge on any atom is 0.266 e. The van der Waals surface area contributed by atoms with Gasteiger partial charge < -0.3 is 14.5 Å². The Kier molecular flexibility index (Phi) is 7.87. The van der Waals surface area contributed by atoms with Crippen molar-refractivity contribution in [2.75, 3.05) is 49.2 Å². The number of morpholine rings is 1. The number of thioether (sulfide) groups is 1. The number of hydrogen-bond acceptors (Lipinski definition) is 6. The van der Waals surface area contributed by atoms with E-state index in [0.717, 1.165) is 67.5 Å². The molecular formula is C31H37FN4O2S. The van der Waals surface area contributed by atoms with E-state index in [9.17, 15) is 4.79 Å². The van der Waals surface area contributed by atoms with Crippen LogP contribution in [-0.2, 0) is 9.53 Å². The second kappa shape index (κ2) is 11.2. The van der Waals surface area contributed by atoms with Crippen molar-refractivity contribution in [2.24, 2.45) is 4.99 Å². The molecule has 0 saturated carbocycles. The second-order valence-corrected chi connectivity index (χ2v) is 11.7. The van der Waals surface area contributed by atoms with Crippen LogP contribution in [0.5, 0.6) is 0 Å². The monoisotopic (exact) mass is 548 g/mol. The van der Waals surface area contributed by atoms with Gasteiger partial charge in [-0.2, -0.15) is 0 Å². The van der Waals surface area contributed by atoms with Crippen molar-refractivity contribution in [1.29, 1.82) is 0 Å². The third kappa shape index (κ3) is 5.50. The minimum Gasteiger partial charge on any atom is -0.378 e. The Morgan fingerprint density at radius 2 is 1.85 bits per heavy atom. The number of carbonyl (C=O) groups excluding carboxylic acids is 1. The Morgan fingerprint density at radius 1 is 1.13 bits per heavy atom. The summed E-state index contributed by atoms with van der Waals surface area (Å²) < 4.78 is 20.9. The molecule has 0 aromatic heterocycles. The maximum atomic E-state index is 15.5. The fourth-order valence-electron chi connectivity index (χ4n) is 5.54. The fraction of sp³-hybridized carbons (Fsp3) is 0.419. The van der Waals surface area contributed by atoms with E-state index in [2.05, 4.69) is 55.7 Å². The first-order chi connectivity index (χ1) is 18.7.